The molecule has 1 unspecified atom stereocenters. The zero-order valence-electron chi connectivity index (χ0n) is 19.4. The number of halogens is 5. The number of nitrogens with zero attached hydrogens (tertiary/aromatic N) is 2. The Hall–Kier alpha value is -2.61. The second-order valence-electron chi connectivity index (χ2n) is 9.11. The van der Waals surface area contributed by atoms with E-state index >= 15 is 0 Å². The SMILES string of the molecule is O=C(NCC1(c2ccccc2)CCN(C(Cc2ccccc2)C(F)(F)F)CC1)c1cc(Cl)nc(Cl)c1. The van der Waals surface area contributed by atoms with Gasteiger partial charge < -0.3 is 5.32 Å². The van der Waals surface area contributed by atoms with Crippen LogP contribution in [0.5, 0.6) is 0 Å². The van der Waals surface area contributed by atoms with E-state index in [1.54, 1.807) is 30.3 Å². The Bertz CT molecular complexity index is 1150. The van der Waals surface area contributed by atoms with Gasteiger partial charge in [0.05, 0.1) is 0 Å². The molecule has 1 saturated heterocycles. The molecule has 36 heavy (non-hydrogen) atoms. The Morgan fingerprint density at radius 2 is 1.53 bits per heavy atom. The van der Waals surface area contributed by atoms with Gasteiger partial charge in [0.1, 0.15) is 16.3 Å². The quantitative estimate of drug-likeness (QED) is 0.360. The first-order valence-corrected chi connectivity index (χ1v) is 12.4. The van der Waals surface area contributed by atoms with Crippen molar-refractivity contribution in [3.63, 3.8) is 0 Å². The molecule has 1 aliphatic rings. The number of pyridine rings is 1. The Kier molecular flexibility index (Phi) is 8.23. The smallest absolute Gasteiger partial charge is 0.351 e. The topological polar surface area (TPSA) is 45.2 Å². The van der Waals surface area contributed by atoms with Gasteiger partial charge in [0.15, 0.2) is 0 Å². The molecule has 1 atom stereocenters. The fourth-order valence-corrected chi connectivity index (χ4v) is 5.32. The van der Waals surface area contributed by atoms with E-state index in [1.165, 1.54) is 17.0 Å². The molecule has 9 heteroatoms. The number of benzene rings is 2. The van der Waals surface area contributed by atoms with Crippen LogP contribution in [0, 0.1) is 0 Å². The molecule has 1 N–H and O–H groups in total. The van der Waals surface area contributed by atoms with Crippen molar-refractivity contribution in [2.45, 2.75) is 36.9 Å². The van der Waals surface area contributed by atoms with Gasteiger partial charge in [-0.25, -0.2) is 4.98 Å². The molecule has 0 aliphatic carbocycles. The minimum absolute atomic E-state index is 0.0943. The fraction of sp³-hybridized carbons (Fsp3) is 0.333. The van der Waals surface area contributed by atoms with Crippen LogP contribution in [0.4, 0.5) is 13.2 Å². The molecule has 3 aromatic rings. The van der Waals surface area contributed by atoms with Crippen LogP contribution < -0.4 is 5.32 Å². The minimum atomic E-state index is -4.35. The van der Waals surface area contributed by atoms with E-state index in [4.69, 9.17) is 23.2 Å². The molecular formula is C27H26Cl2F3N3O. The van der Waals surface area contributed by atoms with Gasteiger partial charge in [-0.05, 0) is 55.6 Å². The monoisotopic (exact) mass is 535 g/mol. The molecule has 4 nitrogen and oxygen atoms in total. The normalized spacial score (nSPS) is 16.9. The first kappa shape index (κ1) is 26.5. The predicted molar refractivity (Wildman–Crippen MR) is 136 cm³/mol. The maximum Gasteiger partial charge on any atom is 0.404 e. The summed E-state index contributed by atoms with van der Waals surface area (Å²) in [6.45, 7) is 0.792. The van der Waals surface area contributed by atoms with Gasteiger partial charge in [0.2, 0.25) is 0 Å². The number of piperidine rings is 1. The summed E-state index contributed by atoms with van der Waals surface area (Å²) in [5.41, 5.74) is 1.42. The second kappa shape index (κ2) is 11.2. The third kappa shape index (κ3) is 6.38. The number of carbonyl (C=O) groups excluding carboxylic acids is 1. The summed E-state index contributed by atoms with van der Waals surface area (Å²) in [5, 5.41) is 3.17. The van der Waals surface area contributed by atoms with Crippen LogP contribution in [-0.2, 0) is 11.8 Å². The highest BCUT2D eigenvalue weighted by Crippen LogP contribution is 2.38. The molecule has 1 fully saturated rings. The van der Waals surface area contributed by atoms with E-state index < -0.39 is 17.6 Å². The van der Waals surface area contributed by atoms with E-state index in [0.717, 1.165) is 5.56 Å². The van der Waals surface area contributed by atoms with Crippen LogP contribution in [0.15, 0.2) is 72.8 Å². The van der Waals surface area contributed by atoms with Crippen LogP contribution >= 0.6 is 23.2 Å². The lowest BCUT2D eigenvalue weighted by Crippen LogP contribution is -2.55. The van der Waals surface area contributed by atoms with E-state index in [9.17, 15) is 18.0 Å². The highest BCUT2D eigenvalue weighted by Gasteiger charge is 2.46. The third-order valence-electron chi connectivity index (χ3n) is 6.84. The maximum absolute atomic E-state index is 14.1. The first-order chi connectivity index (χ1) is 17.2. The first-order valence-electron chi connectivity index (χ1n) is 11.7. The Morgan fingerprint density at radius 1 is 0.972 bits per heavy atom. The van der Waals surface area contributed by atoms with Crippen molar-refractivity contribution in [1.29, 1.82) is 0 Å². The largest absolute Gasteiger partial charge is 0.404 e. The maximum atomic E-state index is 14.1. The molecule has 4 rings (SSSR count). The number of amides is 1. The number of rotatable bonds is 7. The van der Waals surface area contributed by atoms with E-state index in [-0.39, 0.29) is 47.8 Å². The zero-order chi connectivity index (χ0) is 25.8. The number of alkyl halides is 3. The molecule has 1 aliphatic heterocycles. The summed E-state index contributed by atoms with van der Waals surface area (Å²) >= 11 is 11.9. The number of hydrogen-bond acceptors (Lipinski definition) is 3. The van der Waals surface area contributed by atoms with Crippen molar-refractivity contribution in [1.82, 2.24) is 15.2 Å². The van der Waals surface area contributed by atoms with Crippen molar-refractivity contribution < 1.29 is 18.0 Å². The number of hydrogen-bond donors (Lipinski definition) is 1. The van der Waals surface area contributed by atoms with Gasteiger partial charge >= 0.3 is 6.18 Å². The highest BCUT2D eigenvalue weighted by atomic mass is 35.5. The van der Waals surface area contributed by atoms with Crippen molar-refractivity contribution >= 4 is 29.1 Å². The number of likely N-dealkylation sites (tertiary alicyclic amines) is 1. The van der Waals surface area contributed by atoms with E-state index in [2.05, 4.69) is 10.3 Å². The Morgan fingerprint density at radius 3 is 2.08 bits per heavy atom. The van der Waals surface area contributed by atoms with Gasteiger partial charge in [-0.3, -0.25) is 9.69 Å². The average Bonchev–Trinajstić information content (AvgIpc) is 2.86. The summed E-state index contributed by atoms with van der Waals surface area (Å²) in [6.07, 6.45) is -3.51. The standard InChI is InChI=1S/C27H26Cl2F3N3O/c28-23-16-20(17-24(29)34-23)25(36)33-18-26(21-9-5-2-6-10-21)11-13-35(14-12-26)22(27(30,31)32)15-19-7-3-1-4-8-19/h1-10,16-17,22H,11-15,18H2,(H,33,36). The fourth-order valence-electron chi connectivity index (χ4n) is 4.86. The Labute approximate surface area is 218 Å². The number of carbonyl (C=O) groups is 1. The Balaban J connectivity index is 1.52. The summed E-state index contributed by atoms with van der Waals surface area (Å²) < 4.78 is 42.3. The van der Waals surface area contributed by atoms with Gasteiger partial charge in [0.25, 0.3) is 5.91 Å². The lowest BCUT2D eigenvalue weighted by molar-refractivity contribution is -0.187. The molecular weight excluding hydrogens is 510 g/mol. The van der Waals surface area contributed by atoms with Crippen LogP contribution in [0.25, 0.3) is 0 Å². The summed E-state index contributed by atoms with van der Waals surface area (Å²) in [7, 11) is 0. The van der Waals surface area contributed by atoms with Gasteiger partial charge in [-0.15, -0.1) is 0 Å². The summed E-state index contributed by atoms with van der Waals surface area (Å²) in [6, 6.07) is 19.7. The summed E-state index contributed by atoms with van der Waals surface area (Å²) in [5.74, 6) is -0.365. The molecule has 1 aromatic heterocycles. The lowest BCUT2D eigenvalue weighted by atomic mass is 9.72. The van der Waals surface area contributed by atoms with Gasteiger partial charge in [-0.1, -0.05) is 83.9 Å². The average molecular weight is 536 g/mol. The zero-order valence-corrected chi connectivity index (χ0v) is 21.0. The van der Waals surface area contributed by atoms with Crippen molar-refractivity contribution in [3.8, 4) is 0 Å². The second-order valence-corrected chi connectivity index (χ2v) is 9.89. The van der Waals surface area contributed by atoms with Crippen molar-refractivity contribution in [2.24, 2.45) is 0 Å². The third-order valence-corrected chi connectivity index (χ3v) is 7.23. The van der Waals surface area contributed by atoms with Crippen molar-refractivity contribution in [2.75, 3.05) is 19.6 Å². The molecule has 0 saturated carbocycles. The number of aromatic nitrogens is 1. The van der Waals surface area contributed by atoms with Crippen molar-refractivity contribution in [3.05, 3.63) is 99.8 Å². The lowest BCUT2D eigenvalue weighted by Gasteiger charge is -2.45. The van der Waals surface area contributed by atoms with E-state index in [0.29, 0.717) is 18.4 Å². The van der Waals surface area contributed by atoms with E-state index in [1.807, 2.05) is 30.3 Å². The van der Waals surface area contributed by atoms with Crippen LogP contribution in [0.1, 0.15) is 34.3 Å². The molecule has 0 radical (unpaired) electrons. The molecule has 0 bridgehead atoms. The molecule has 2 aromatic carbocycles. The summed E-state index contributed by atoms with van der Waals surface area (Å²) in [4.78, 5) is 18.2. The predicted octanol–water partition coefficient (Wildman–Crippen LogP) is 6.33. The highest BCUT2D eigenvalue weighted by molar-refractivity contribution is 6.33. The van der Waals surface area contributed by atoms with Crippen LogP contribution in [0.3, 0.4) is 0 Å². The molecule has 0 spiro atoms. The minimum Gasteiger partial charge on any atom is -0.351 e. The van der Waals surface area contributed by atoms with Crippen LogP contribution in [0.2, 0.25) is 10.3 Å². The number of nitrogens with one attached hydrogen (secondary N) is 1. The molecule has 2 heterocycles. The van der Waals surface area contributed by atoms with Gasteiger partial charge in [0, 0.05) is 17.5 Å². The van der Waals surface area contributed by atoms with Crippen LogP contribution in [-0.4, -0.2) is 47.6 Å². The molecule has 1 amide bonds. The van der Waals surface area contributed by atoms with Gasteiger partial charge in [-0.2, -0.15) is 13.2 Å². The molecule has 190 valence electrons.